The van der Waals surface area contributed by atoms with Crippen LogP contribution in [-0.4, -0.2) is 36.0 Å². The number of para-hydroxylation sites is 1. The number of fused-ring (bicyclic) bond motifs is 1. The number of nitrogens with two attached hydrogens (primary N) is 1. The Bertz CT molecular complexity index is 533. The van der Waals surface area contributed by atoms with Gasteiger partial charge in [0.1, 0.15) is 18.3 Å². The maximum absolute atomic E-state index is 12.5. The van der Waals surface area contributed by atoms with Gasteiger partial charge in [0, 0.05) is 18.7 Å². The lowest BCUT2D eigenvalue weighted by molar-refractivity contribution is -0.141. The zero-order valence-corrected chi connectivity index (χ0v) is 10.8. The van der Waals surface area contributed by atoms with Gasteiger partial charge in [0.25, 0.3) is 0 Å². The van der Waals surface area contributed by atoms with Gasteiger partial charge < -0.3 is 15.4 Å². The first kappa shape index (κ1) is 11.3. The van der Waals surface area contributed by atoms with Crippen LogP contribution in [0.2, 0.25) is 0 Å². The summed E-state index contributed by atoms with van der Waals surface area (Å²) in [5, 5.41) is 0. The van der Waals surface area contributed by atoms with Gasteiger partial charge in [-0.3, -0.25) is 4.79 Å². The van der Waals surface area contributed by atoms with Crippen molar-refractivity contribution in [1.29, 1.82) is 0 Å². The fourth-order valence-corrected chi connectivity index (χ4v) is 3.32. The Morgan fingerprint density at radius 2 is 2.05 bits per heavy atom. The van der Waals surface area contributed by atoms with Crippen LogP contribution in [0.1, 0.15) is 24.3 Å². The molecule has 2 aliphatic heterocycles. The zero-order valence-electron chi connectivity index (χ0n) is 10.8. The van der Waals surface area contributed by atoms with E-state index < -0.39 is 0 Å². The quantitative estimate of drug-likeness (QED) is 0.864. The van der Waals surface area contributed by atoms with Crippen LogP contribution in [0.3, 0.4) is 0 Å². The molecule has 1 unspecified atom stereocenters. The summed E-state index contributed by atoms with van der Waals surface area (Å²) >= 11 is 0. The number of benzene rings is 1. The molecule has 1 atom stereocenters. The minimum absolute atomic E-state index is 0.103. The number of hydrogen-bond acceptors (Lipinski definition) is 3. The van der Waals surface area contributed by atoms with Gasteiger partial charge >= 0.3 is 0 Å². The number of amides is 1. The molecule has 4 rings (SSSR count). The average Bonchev–Trinajstić information content (AvgIpc) is 3.14. The number of hydrogen-bond donors (Lipinski definition) is 1. The van der Waals surface area contributed by atoms with Gasteiger partial charge in [-0.1, -0.05) is 18.2 Å². The van der Waals surface area contributed by atoms with E-state index in [1.54, 1.807) is 0 Å². The Morgan fingerprint density at radius 1 is 1.32 bits per heavy atom. The highest BCUT2D eigenvalue weighted by molar-refractivity contribution is 5.86. The summed E-state index contributed by atoms with van der Waals surface area (Å²) < 4.78 is 5.58. The van der Waals surface area contributed by atoms with Crippen LogP contribution < -0.4 is 10.5 Å². The van der Waals surface area contributed by atoms with E-state index in [9.17, 15) is 4.79 Å². The highest BCUT2D eigenvalue weighted by Gasteiger charge is 2.52. The van der Waals surface area contributed by atoms with E-state index in [0.29, 0.717) is 12.5 Å². The first-order valence-corrected chi connectivity index (χ1v) is 6.97. The standard InChI is InChI=1S/C15H18N2O2/c16-15(10-5-6-10)8-17(9-15)14(18)12-7-19-13-4-2-1-3-11(12)13/h1-4,10,12H,5-9,16H2. The van der Waals surface area contributed by atoms with Gasteiger partial charge in [0.15, 0.2) is 0 Å². The molecule has 1 aromatic rings. The lowest BCUT2D eigenvalue weighted by Gasteiger charge is -2.49. The Hall–Kier alpha value is -1.55. The topological polar surface area (TPSA) is 55.6 Å². The molecule has 2 N–H and O–H groups in total. The molecule has 1 aromatic carbocycles. The lowest BCUT2D eigenvalue weighted by atomic mass is 9.84. The number of rotatable bonds is 2. The van der Waals surface area contributed by atoms with E-state index in [1.807, 2.05) is 29.2 Å². The van der Waals surface area contributed by atoms with Crippen LogP contribution >= 0.6 is 0 Å². The first-order valence-electron chi connectivity index (χ1n) is 6.97. The fraction of sp³-hybridized carbons (Fsp3) is 0.533. The second kappa shape index (κ2) is 3.73. The van der Waals surface area contributed by atoms with Crippen molar-refractivity contribution in [2.24, 2.45) is 11.7 Å². The maximum Gasteiger partial charge on any atom is 0.233 e. The van der Waals surface area contributed by atoms with Gasteiger partial charge in [-0.15, -0.1) is 0 Å². The third-order valence-corrected chi connectivity index (χ3v) is 4.67. The molecule has 0 radical (unpaired) electrons. The van der Waals surface area contributed by atoms with Gasteiger partial charge in [0.05, 0.1) is 5.54 Å². The predicted octanol–water partition coefficient (Wildman–Crippen LogP) is 1.11. The molecule has 1 aliphatic carbocycles. The summed E-state index contributed by atoms with van der Waals surface area (Å²) in [6.45, 7) is 1.90. The van der Waals surface area contributed by atoms with Crippen molar-refractivity contribution < 1.29 is 9.53 Å². The van der Waals surface area contributed by atoms with E-state index >= 15 is 0 Å². The van der Waals surface area contributed by atoms with E-state index in [0.717, 1.165) is 24.4 Å². The molecule has 2 heterocycles. The van der Waals surface area contributed by atoms with Gasteiger partial charge in [-0.05, 0) is 24.8 Å². The number of likely N-dealkylation sites (tertiary alicyclic amines) is 1. The molecule has 3 aliphatic rings. The summed E-state index contributed by atoms with van der Waals surface area (Å²) in [7, 11) is 0. The largest absolute Gasteiger partial charge is 0.492 e. The van der Waals surface area contributed by atoms with E-state index in [4.69, 9.17) is 10.5 Å². The van der Waals surface area contributed by atoms with E-state index in [1.165, 1.54) is 12.8 Å². The first-order chi connectivity index (χ1) is 9.17. The summed E-state index contributed by atoms with van der Waals surface area (Å²) in [5.41, 5.74) is 7.22. The van der Waals surface area contributed by atoms with Crippen LogP contribution in [0.15, 0.2) is 24.3 Å². The zero-order chi connectivity index (χ0) is 13.0. The van der Waals surface area contributed by atoms with Crippen molar-refractivity contribution in [2.45, 2.75) is 24.3 Å². The Morgan fingerprint density at radius 3 is 2.79 bits per heavy atom. The van der Waals surface area contributed by atoms with Crippen LogP contribution in [-0.2, 0) is 4.79 Å². The van der Waals surface area contributed by atoms with Crippen molar-refractivity contribution in [3.8, 4) is 5.75 Å². The molecule has 100 valence electrons. The second-order valence-electron chi connectivity index (χ2n) is 6.10. The molecule has 1 saturated heterocycles. The predicted molar refractivity (Wildman–Crippen MR) is 70.9 cm³/mol. The van der Waals surface area contributed by atoms with E-state index in [-0.39, 0.29) is 17.4 Å². The monoisotopic (exact) mass is 258 g/mol. The minimum Gasteiger partial charge on any atom is -0.492 e. The van der Waals surface area contributed by atoms with Crippen LogP contribution in [0.25, 0.3) is 0 Å². The summed E-state index contributed by atoms with van der Waals surface area (Å²) in [5.74, 6) is 1.53. The van der Waals surface area contributed by atoms with Crippen molar-refractivity contribution >= 4 is 5.91 Å². The van der Waals surface area contributed by atoms with Gasteiger partial charge in [-0.25, -0.2) is 0 Å². The molecule has 1 amide bonds. The highest BCUT2D eigenvalue weighted by atomic mass is 16.5. The molecule has 19 heavy (non-hydrogen) atoms. The van der Waals surface area contributed by atoms with Gasteiger partial charge in [0.2, 0.25) is 5.91 Å². The average molecular weight is 258 g/mol. The maximum atomic E-state index is 12.5. The normalized spacial score (nSPS) is 27.4. The molecule has 1 saturated carbocycles. The van der Waals surface area contributed by atoms with E-state index in [2.05, 4.69) is 0 Å². The molecule has 0 spiro atoms. The molecular formula is C15H18N2O2. The number of carbonyl (C=O) groups excluding carboxylic acids is 1. The van der Waals surface area contributed by atoms with Crippen molar-refractivity contribution in [3.63, 3.8) is 0 Å². The summed E-state index contributed by atoms with van der Waals surface area (Å²) in [6.07, 6.45) is 2.46. The third kappa shape index (κ3) is 1.66. The molecule has 4 heteroatoms. The number of nitrogens with zero attached hydrogens (tertiary/aromatic N) is 1. The molecular weight excluding hydrogens is 240 g/mol. The van der Waals surface area contributed by atoms with Crippen molar-refractivity contribution in [1.82, 2.24) is 4.90 Å². The highest BCUT2D eigenvalue weighted by Crippen LogP contribution is 2.44. The lowest BCUT2D eigenvalue weighted by Crippen LogP contribution is -2.70. The van der Waals surface area contributed by atoms with Crippen LogP contribution in [0, 0.1) is 5.92 Å². The Balaban J connectivity index is 1.48. The Labute approximate surface area is 112 Å². The van der Waals surface area contributed by atoms with Crippen molar-refractivity contribution in [3.05, 3.63) is 29.8 Å². The van der Waals surface area contributed by atoms with Crippen LogP contribution in [0.4, 0.5) is 0 Å². The number of carbonyl (C=O) groups is 1. The third-order valence-electron chi connectivity index (χ3n) is 4.67. The van der Waals surface area contributed by atoms with Crippen LogP contribution in [0.5, 0.6) is 5.75 Å². The fourth-order valence-electron chi connectivity index (χ4n) is 3.32. The summed E-state index contributed by atoms with van der Waals surface area (Å²) in [6, 6.07) is 7.81. The molecule has 0 aromatic heterocycles. The summed E-state index contributed by atoms with van der Waals surface area (Å²) in [4.78, 5) is 14.4. The smallest absolute Gasteiger partial charge is 0.233 e. The molecule has 2 fully saturated rings. The van der Waals surface area contributed by atoms with Gasteiger partial charge in [-0.2, -0.15) is 0 Å². The molecule has 0 bridgehead atoms. The SMILES string of the molecule is NC1(C2CC2)CN(C(=O)C2COc3ccccc32)C1. The molecule has 4 nitrogen and oxygen atoms in total. The Kier molecular flexibility index (Phi) is 2.22. The van der Waals surface area contributed by atoms with Crippen molar-refractivity contribution in [2.75, 3.05) is 19.7 Å². The second-order valence-corrected chi connectivity index (χ2v) is 6.10. The minimum atomic E-state index is -0.139. The number of ether oxygens (including phenoxy) is 1.